The standard InChI is InChI=1S/C22H26F3N3O2.ClH/c1-13(2)28-19-6-4-3-5-14(19)9-18(21(28)30)20(29)26-15-10-16-7-8-17(11-15)27(16)12-22(23,24)25;/h3-6,9,13,15-17H,7-8,10-12H2,1-2H3,(H,26,29);1H. The number of pyridine rings is 1. The van der Waals surface area contributed by atoms with E-state index in [1.807, 2.05) is 38.1 Å². The first kappa shape index (κ1) is 23.6. The lowest BCUT2D eigenvalue weighted by Gasteiger charge is -2.39. The van der Waals surface area contributed by atoms with Crippen molar-refractivity contribution in [2.75, 3.05) is 6.54 Å². The average molecular weight is 458 g/mol. The SMILES string of the molecule is CC(C)n1c(=O)c(C(=O)NC2CC3CCC(C2)N3CC(F)(F)F)cc2ccccc21.Cl. The van der Waals surface area contributed by atoms with Crippen LogP contribution in [0.3, 0.4) is 0 Å². The molecule has 0 aliphatic carbocycles. The second-order valence-corrected chi connectivity index (χ2v) is 8.70. The second kappa shape index (κ2) is 8.82. The number of benzene rings is 1. The lowest BCUT2D eigenvalue weighted by Crippen LogP contribution is -2.53. The molecule has 1 N–H and O–H groups in total. The van der Waals surface area contributed by atoms with E-state index in [4.69, 9.17) is 0 Å². The molecule has 0 spiro atoms. The Hall–Kier alpha value is -2.06. The van der Waals surface area contributed by atoms with E-state index in [2.05, 4.69) is 5.32 Å². The zero-order valence-electron chi connectivity index (χ0n) is 17.5. The molecular formula is C22H27ClF3N3O2. The van der Waals surface area contributed by atoms with E-state index in [-0.39, 0.29) is 47.7 Å². The molecule has 2 unspecified atom stereocenters. The van der Waals surface area contributed by atoms with Gasteiger partial charge in [0.25, 0.3) is 11.5 Å². The molecule has 2 saturated heterocycles. The molecule has 9 heteroatoms. The largest absolute Gasteiger partial charge is 0.401 e. The van der Waals surface area contributed by atoms with E-state index in [0.29, 0.717) is 25.7 Å². The minimum atomic E-state index is -4.22. The molecule has 2 aliphatic heterocycles. The van der Waals surface area contributed by atoms with Crippen LogP contribution in [0.5, 0.6) is 0 Å². The summed E-state index contributed by atoms with van der Waals surface area (Å²) in [7, 11) is 0. The molecule has 1 amide bonds. The summed E-state index contributed by atoms with van der Waals surface area (Å²) in [5, 5.41) is 3.73. The zero-order chi connectivity index (χ0) is 21.6. The molecule has 2 aliphatic rings. The molecule has 1 aromatic heterocycles. The van der Waals surface area contributed by atoms with Crippen molar-refractivity contribution in [1.82, 2.24) is 14.8 Å². The van der Waals surface area contributed by atoms with Crippen LogP contribution in [0.1, 0.15) is 55.9 Å². The molecule has 2 atom stereocenters. The Balaban J connectivity index is 0.00000272. The number of para-hydroxylation sites is 1. The molecule has 4 rings (SSSR count). The van der Waals surface area contributed by atoms with Crippen LogP contribution in [0.25, 0.3) is 10.9 Å². The van der Waals surface area contributed by atoms with Gasteiger partial charge in [-0.05, 0) is 57.0 Å². The Bertz CT molecular complexity index is 1010. The van der Waals surface area contributed by atoms with E-state index in [1.165, 1.54) is 4.90 Å². The quantitative estimate of drug-likeness (QED) is 0.745. The number of hydrogen-bond acceptors (Lipinski definition) is 3. The molecular weight excluding hydrogens is 431 g/mol. The number of halogens is 4. The van der Waals surface area contributed by atoms with Crippen molar-refractivity contribution in [1.29, 1.82) is 0 Å². The van der Waals surface area contributed by atoms with Gasteiger partial charge >= 0.3 is 6.18 Å². The van der Waals surface area contributed by atoms with Gasteiger partial charge in [0.2, 0.25) is 0 Å². The van der Waals surface area contributed by atoms with Crippen LogP contribution >= 0.6 is 12.4 Å². The van der Waals surface area contributed by atoms with Gasteiger partial charge in [0, 0.05) is 24.2 Å². The summed E-state index contributed by atoms with van der Waals surface area (Å²) in [5.74, 6) is -0.450. The maximum absolute atomic E-state index is 13.0. The van der Waals surface area contributed by atoms with Crippen molar-refractivity contribution in [3.8, 4) is 0 Å². The minimum Gasteiger partial charge on any atom is -0.349 e. The molecule has 170 valence electrons. The summed E-state index contributed by atoms with van der Waals surface area (Å²) in [6.07, 6.45) is -1.84. The van der Waals surface area contributed by atoms with E-state index in [1.54, 1.807) is 10.6 Å². The van der Waals surface area contributed by atoms with Crippen molar-refractivity contribution in [3.63, 3.8) is 0 Å². The molecule has 3 heterocycles. The fraction of sp³-hybridized carbons (Fsp3) is 0.545. The molecule has 2 fully saturated rings. The normalized spacial score (nSPS) is 23.7. The monoisotopic (exact) mass is 457 g/mol. The summed E-state index contributed by atoms with van der Waals surface area (Å²) in [6.45, 7) is 2.89. The fourth-order valence-electron chi connectivity index (χ4n) is 5.08. The highest BCUT2D eigenvalue weighted by molar-refractivity contribution is 5.97. The summed E-state index contributed by atoms with van der Waals surface area (Å²) in [6, 6.07) is 8.33. The fourth-order valence-corrected chi connectivity index (χ4v) is 5.08. The van der Waals surface area contributed by atoms with Crippen LogP contribution in [0.4, 0.5) is 13.2 Å². The van der Waals surface area contributed by atoms with E-state index in [9.17, 15) is 22.8 Å². The third kappa shape index (κ3) is 4.75. The van der Waals surface area contributed by atoms with Gasteiger partial charge < -0.3 is 9.88 Å². The maximum atomic E-state index is 13.0. The van der Waals surface area contributed by atoms with Crippen molar-refractivity contribution in [2.45, 2.75) is 69.9 Å². The number of amides is 1. The molecule has 0 saturated carbocycles. The highest BCUT2D eigenvalue weighted by atomic mass is 35.5. The van der Waals surface area contributed by atoms with Gasteiger partial charge in [-0.2, -0.15) is 13.2 Å². The van der Waals surface area contributed by atoms with Crippen LogP contribution in [0, 0.1) is 0 Å². The third-order valence-corrected chi connectivity index (χ3v) is 6.29. The Morgan fingerprint density at radius 3 is 2.35 bits per heavy atom. The minimum absolute atomic E-state index is 0. The highest BCUT2D eigenvalue weighted by Gasteiger charge is 2.45. The van der Waals surface area contributed by atoms with Crippen LogP contribution in [0.15, 0.2) is 35.1 Å². The van der Waals surface area contributed by atoms with Gasteiger partial charge in [-0.1, -0.05) is 18.2 Å². The van der Waals surface area contributed by atoms with Gasteiger partial charge in [0.05, 0.1) is 12.1 Å². The molecule has 2 aromatic rings. The predicted octanol–water partition coefficient (Wildman–Crippen LogP) is 4.29. The Morgan fingerprint density at radius 2 is 1.77 bits per heavy atom. The molecule has 0 radical (unpaired) electrons. The number of aromatic nitrogens is 1. The topological polar surface area (TPSA) is 54.3 Å². The Labute approximate surface area is 185 Å². The van der Waals surface area contributed by atoms with Gasteiger partial charge in [0.15, 0.2) is 0 Å². The number of carbonyl (C=O) groups is 1. The van der Waals surface area contributed by atoms with Crippen molar-refractivity contribution in [3.05, 3.63) is 46.2 Å². The number of nitrogens with zero attached hydrogens (tertiary/aromatic N) is 2. The lowest BCUT2D eigenvalue weighted by molar-refractivity contribution is -0.155. The summed E-state index contributed by atoms with van der Waals surface area (Å²) < 4.78 is 40.2. The number of fused-ring (bicyclic) bond motifs is 3. The van der Waals surface area contributed by atoms with Gasteiger partial charge in [-0.15, -0.1) is 12.4 Å². The van der Waals surface area contributed by atoms with Crippen molar-refractivity contribution in [2.24, 2.45) is 0 Å². The van der Waals surface area contributed by atoms with Crippen LogP contribution in [-0.2, 0) is 0 Å². The van der Waals surface area contributed by atoms with E-state index in [0.717, 1.165) is 10.9 Å². The predicted molar refractivity (Wildman–Crippen MR) is 116 cm³/mol. The van der Waals surface area contributed by atoms with E-state index >= 15 is 0 Å². The van der Waals surface area contributed by atoms with E-state index < -0.39 is 18.6 Å². The van der Waals surface area contributed by atoms with Crippen LogP contribution < -0.4 is 10.9 Å². The first-order valence-corrected chi connectivity index (χ1v) is 10.4. The number of piperidine rings is 1. The third-order valence-electron chi connectivity index (χ3n) is 6.29. The van der Waals surface area contributed by atoms with Gasteiger partial charge in [-0.25, -0.2) is 0 Å². The number of carbonyl (C=O) groups excluding carboxylic acids is 1. The molecule has 2 bridgehead atoms. The smallest absolute Gasteiger partial charge is 0.349 e. The number of alkyl halides is 3. The number of rotatable bonds is 4. The number of nitrogens with one attached hydrogen (secondary N) is 1. The lowest BCUT2D eigenvalue weighted by atomic mass is 9.96. The average Bonchev–Trinajstić information content (AvgIpc) is 2.87. The summed E-state index contributed by atoms with van der Waals surface area (Å²) in [4.78, 5) is 27.5. The maximum Gasteiger partial charge on any atom is 0.401 e. The molecule has 5 nitrogen and oxygen atoms in total. The Morgan fingerprint density at radius 1 is 1.16 bits per heavy atom. The van der Waals surface area contributed by atoms with Crippen molar-refractivity contribution < 1.29 is 18.0 Å². The van der Waals surface area contributed by atoms with Crippen molar-refractivity contribution >= 4 is 29.2 Å². The van der Waals surface area contributed by atoms with Crippen LogP contribution in [0.2, 0.25) is 0 Å². The molecule has 1 aromatic carbocycles. The molecule has 31 heavy (non-hydrogen) atoms. The second-order valence-electron chi connectivity index (χ2n) is 8.70. The van der Waals surface area contributed by atoms with Gasteiger partial charge in [-0.3, -0.25) is 14.5 Å². The zero-order valence-corrected chi connectivity index (χ0v) is 18.3. The van der Waals surface area contributed by atoms with Gasteiger partial charge in [0.1, 0.15) is 5.56 Å². The summed E-state index contributed by atoms with van der Waals surface area (Å²) >= 11 is 0. The van der Waals surface area contributed by atoms with Crippen LogP contribution in [-0.4, -0.2) is 46.2 Å². The highest BCUT2D eigenvalue weighted by Crippen LogP contribution is 2.37. The first-order valence-electron chi connectivity index (χ1n) is 10.4. The first-order chi connectivity index (χ1) is 14.1. The summed E-state index contributed by atoms with van der Waals surface area (Å²) in [5.41, 5.74) is 0.499. The Kier molecular flexibility index (Phi) is 6.72. The number of hydrogen-bond donors (Lipinski definition) is 1.